The van der Waals surface area contributed by atoms with Crippen molar-refractivity contribution in [2.24, 2.45) is 11.8 Å². The van der Waals surface area contributed by atoms with E-state index < -0.39 is 0 Å². The van der Waals surface area contributed by atoms with Gasteiger partial charge in [0.2, 0.25) is 0 Å². The van der Waals surface area contributed by atoms with Crippen LogP contribution in [0.3, 0.4) is 0 Å². The van der Waals surface area contributed by atoms with Crippen LogP contribution in [0, 0.1) is 25.7 Å². The van der Waals surface area contributed by atoms with Crippen molar-refractivity contribution in [2.45, 2.75) is 26.7 Å². The Bertz CT molecular complexity index is 755. The van der Waals surface area contributed by atoms with Crippen molar-refractivity contribution in [3.05, 3.63) is 47.2 Å². The Morgan fingerprint density at radius 3 is 2.50 bits per heavy atom. The maximum absolute atomic E-state index is 12.9. The lowest BCUT2D eigenvalue weighted by Crippen LogP contribution is -2.29. The van der Waals surface area contributed by atoms with Gasteiger partial charge in [0.1, 0.15) is 5.69 Å². The number of nitrogens with zero attached hydrogens (tertiary/aromatic N) is 1. The van der Waals surface area contributed by atoms with E-state index in [0.717, 1.165) is 42.7 Å². The molecule has 2 heterocycles. The van der Waals surface area contributed by atoms with Crippen LogP contribution in [-0.2, 0) is 0 Å². The summed E-state index contributed by atoms with van der Waals surface area (Å²) < 4.78 is 0. The number of allylic oxidation sites excluding steroid dienone is 2. The Kier molecular flexibility index (Phi) is 3.10. The summed E-state index contributed by atoms with van der Waals surface area (Å²) in [4.78, 5) is 18.3. The molecule has 1 aliphatic carbocycles. The van der Waals surface area contributed by atoms with Crippen molar-refractivity contribution in [3.63, 3.8) is 0 Å². The molecule has 0 unspecified atom stereocenters. The first-order valence-corrected chi connectivity index (χ1v) is 8.16. The van der Waals surface area contributed by atoms with Crippen molar-refractivity contribution >= 4 is 16.8 Å². The molecule has 1 aliphatic heterocycles. The van der Waals surface area contributed by atoms with Gasteiger partial charge in [-0.3, -0.25) is 4.79 Å². The lowest BCUT2D eigenvalue weighted by molar-refractivity contribution is 0.0778. The van der Waals surface area contributed by atoms with Crippen LogP contribution in [0.15, 0.2) is 30.4 Å². The molecule has 1 N–H and O–H groups in total. The number of fused-ring (bicyclic) bond motifs is 2. The van der Waals surface area contributed by atoms with Gasteiger partial charge in [-0.2, -0.15) is 0 Å². The molecule has 2 aromatic rings. The highest BCUT2D eigenvalue weighted by molar-refractivity contribution is 6.01. The lowest BCUT2D eigenvalue weighted by Gasteiger charge is -2.17. The van der Waals surface area contributed by atoms with Crippen LogP contribution in [0.4, 0.5) is 0 Å². The monoisotopic (exact) mass is 294 g/mol. The molecule has 0 saturated carbocycles. The average Bonchev–Trinajstić information content (AvgIpc) is 3.09. The molecule has 1 aromatic carbocycles. The molecule has 1 aromatic heterocycles. The second kappa shape index (κ2) is 5.01. The summed E-state index contributed by atoms with van der Waals surface area (Å²) in [5.41, 5.74) is 4.14. The summed E-state index contributed by atoms with van der Waals surface area (Å²) in [5, 5.41) is 1.17. The zero-order valence-electron chi connectivity index (χ0n) is 13.2. The lowest BCUT2D eigenvalue weighted by atomic mass is 9.86. The van der Waals surface area contributed by atoms with E-state index in [9.17, 15) is 4.79 Å². The number of carbonyl (C=O) groups excluding carboxylic acids is 1. The van der Waals surface area contributed by atoms with Crippen molar-refractivity contribution in [3.8, 4) is 0 Å². The number of aromatic nitrogens is 1. The predicted molar refractivity (Wildman–Crippen MR) is 89.0 cm³/mol. The largest absolute Gasteiger partial charge is 0.350 e. The number of rotatable bonds is 1. The number of likely N-dealkylation sites (tertiary alicyclic amines) is 1. The first kappa shape index (κ1) is 13.6. The standard InChI is InChI=1S/C19H22N2O/c1-12-7-8-17-16(9-12)13(2)18(20-17)19(22)21-10-14-5-3-4-6-15(14)11-21/h3-4,7-9,14-15,20H,5-6,10-11H2,1-2H3/t14-,15+. The molecule has 22 heavy (non-hydrogen) atoms. The van der Waals surface area contributed by atoms with Crippen molar-refractivity contribution in [1.82, 2.24) is 9.88 Å². The van der Waals surface area contributed by atoms with Crippen LogP contribution in [0.2, 0.25) is 0 Å². The second-order valence-electron chi connectivity index (χ2n) is 6.85. The van der Waals surface area contributed by atoms with Gasteiger partial charge in [0.15, 0.2) is 0 Å². The number of hydrogen-bond acceptors (Lipinski definition) is 1. The van der Waals surface area contributed by atoms with Crippen molar-refractivity contribution in [1.29, 1.82) is 0 Å². The summed E-state index contributed by atoms with van der Waals surface area (Å²) in [5.74, 6) is 1.47. The fourth-order valence-electron chi connectivity index (χ4n) is 3.99. The summed E-state index contributed by atoms with van der Waals surface area (Å²) in [6.07, 6.45) is 6.79. The normalized spacial score (nSPS) is 24.0. The summed E-state index contributed by atoms with van der Waals surface area (Å²) >= 11 is 0. The maximum atomic E-state index is 12.9. The van der Waals surface area contributed by atoms with Crippen LogP contribution >= 0.6 is 0 Å². The third-order valence-corrected chi connectivity index (χ3v) is 5.34. The van der Waals surface area contributed by atoms with E-state index >= 15 is 0 Å². The minimum absolute atomic E-state index is 0.167. The van der Waals surface area contributed by atoms with Gasteiger partial charge < -0.3 is 9.88 Å². The number of H-pyrrole nitrogens is 1. The predicted octanol–water partition coefficient (Wildman–Crippen LogP) is 3.82. The zero-order valence-corrected chi connectivity index (χ0v) is 13.2. The Morgan fingerprint density at radius 2 is 1.82 bits per heavy atom. The molecule has 2 atom stereocenters. The van der Waals surface area contributed by atoms with Crippen LogP contribution < -0.4 is 0 Å². The van der Waals surface area contributed by atoms with Gasteiger partial charge in [-0.05, 0) is 56.2 Å². The molecule has 1 fully saturated rings. The Labute approximate surface area is 131 Å². The fourth-order valence-corrected chi connectivity index (χ4v) is 3.99. The smallest absolute Gasteiger partial charge is 0.270 e. The number of benzene rings is 1. The Morgan fingerprint density at radius 1 is 1.14 bits per heavy atom. The molecule has 4 rings (SSSR count). The highest BCUT2D eigenvalue weighted by Gasteiger charge is 2.36. The molecule has 0 radical (unpaired) electrons. The number of aryl methyl sites for hydroxylation is 2. The average molecular weight is 294 g/mol. The van der Waals surface area contributed by atoms with Crippen LogP contribution in [0.1, 0.15) is 34.5 Å². The van der Waals surface area contributed by atoms with E-state index in [0.29, 0.717) is 11.8 Å². The molecular weight excluding hydrogens is 272 g/mol. The molecule has 3 nitrogen and oxygen atoms in total. The SMILES string of the molecule is Cc1ccc2[nH]c(C(=O)N3C[C@H]4CC=CC[C@H]4C3)c(C)c2c1. The Balaban J connectivity index is 1.65. The highest BCUT2D eigenvalue weighted by atomic mass is 16.2. The maximum Gasteiger partial charge on any atom is 0.270 e. The summed E-state index contributed by atoms with van der Waals surface area (Å²) in [7, 11) is 0. The molecule has 114 valence electrons. The number of carbonyl (C=O) groups is 1. The van der Waals surface area contributed by atoms with Gasteiger partial charge in [0.05, 0.1) is 0 Å². The van der Waals surface area contributed by atoms with E-state index in [-0.39, 0.29) is 5.91 Å². The van der Waals surface area contributed by atoms with E-state index in [4.69, 9.17) is 0 Å². The van der Waals surface area contributed by atoms with Crippen LogP contribution in [-0.4, -0.2) is 28.9 Å². The van der Waals surface area contributed by atoms with Crippen LogP contribution in [0.25, 0.3) is 10.9 Å². The van der Waals surface area contributed by atoms with E-state index in [2.05, 4.69) is 49.2 Å². The first-order chi connectivity index (χ1) is 10.6. The van der Waals surface area contributed by atoms with Gasteiger partial charge in [0, 0.05) is 24.0 Å². The number of amides is 1. The van der Waals surface area contributed by atoms with Gasteiger partial charge >= 0.3 is 0 Å². The fraction of sp³-hybridized carbons (Fsp3) is 0.421. The molecule has 0 bridgehead atoms. The Hall–Kier alpha value is -2.03. The first-order valence-electron chi connectivity index (χ1n) is 8.16. The van der Waals surface area contributed by atoms with Crippen LogP contribution in [0.5, 0.6) is 0 Å². The third kappa shape index (κ3) is 2.07. The summed E-state index contributed by atoms with van der Waals surface area (Å²) in [6, 6.07) is 6.32. The quantitative estimate of drug-likeness (QED) is 0.797. The molecule has 1 saturated heterocycles. The topological polar surface area (TPSA) is 36.1 Å². The molecule has 0 spiro atoms. The van der Waals surface area contributed by atoms with E-state index in [1.54, 1.807) is 0 Å². The molecule has 2 aliphatic rings. The van der Waals surface area contributed by atoms with E-state index in [1.807, 2.05) is 4.90 Å². The summed E-state index contributed by atoms with van der Waals surface area (Å²) in [6.45, 7) is 5.95. The minimum atomic E-state index is 0.167. The van der Waals surface area contributed by atoms with Gasteiger partial charge in [-0.1, -0.05) is 23.8 Å². The van der Waals surface area contributed by atoms with Gasteiger partial charge in [0.25, 0.3) is 5.91 Å². The molecular formula is C19H22N2O. The van der Waals surface area contributed by atoms with Gasteiger partial charge in [-0.15, -0.1) is 0 Å². The van der Waals surface area contributed by atoms with E-state index in [1.165, 1.54) is 10.9 Å². The van der Waals surface area contributed by atoms with Crippen molar-refractivity contribution < 1.29 is 4.79 Å². The zero-order chi connectivity index (χ0) is 15.3. The number of nitrogens with one attached hydrogen (secondary N) is 1. The number of hydrogen-bond donors (Lipinski definition) is 1. The third-order valence-electron chi connectivity index (χ3n) is 5.34. The number of aromatic amines is 1. The van der Waals surface area contributed by atoms with Gasteiger partial charge in [-0.25, -0.2) is 0 Å². The van der Waals surface area contributed by atoms with Crippen molar-refractivity contribution in [2.75, 3.05) is 13.1 Å². The molecule has 3 heteroatoms. The molecule has 1 amide bonds. The second-order valence-corrected chi connectivity index (χ2v) is 6.85. The minimum Gasteiger partial charge on any atom is -0.350 e. The highest BCUT2D eigenvalue weighted by Crippen LogP contribution is 2.34.